The second kappa shape index (κ2) is 8.10. The molecule has 1 N–H and O–H groups in total. The predicted molar refractivity (Wildman–Crippen MR) is 122 cm³/mol. The van der Waals surface area contributed by atoms with Crippen LogP contribution in [-0.2, 0) is 16.1 Å². The van der Waals surface area contributed by atoms with Gasteiger partial charge < -0.3 is 14.4 Å². The first-order valence-electron chi connectivity index (χ1n) is 9.50. The minimum atomic E-state index is -0.702. The molecule has 0 spiro atoms. The molecular formula is C24H20INO4. The number of aliphatic hydroxyl groups is 1. The van der Waals surface area contributed by atoms with Gasteiger partial charge in [-0.05, 0) is 77.9 Å². The van der Waals surface area contributed by atoms with Gasteiger partial charge in [-0.1, -0.05) is 29.8 Å². The Hall–Kier alpha value is -2.87. The highest BCUT2D eigenvalue weighted by Crippen LogP contribution is 2.41. The van der Waals surface area contributed by atoms with Gasteiger partial charge >= 0.3 is 0 Å². The summed E-state index contributed by atoms with van der Waals surface area (Å²) in [6.45, 7) is 3.92. The normalized spacial score (nSPS) is 18.2. The molecule has 3 aromatic rings. The predicted octanol–water partition coefficient (Wildman–Crippen LogP) is 5.12. The van der Waals surface area contributed by atoms with Crippen LogP contribution in [0.25, 0.3) is 5.76 Å². The Kier molecular flexibility index (Phi) is 5.51. The monoisotopic (exact) mass is 513 g/mol. The number of amides is 1. The van der Waals surface area contributed by atoms with E-state index in [1.165, 1.54) is 11.2 Å². The number of nitrogens with zero attached hydrogens (tertiary/aromatic N) is 1. The second-order valence-electron chi connectivity index (χ2n) is 7.38. The van der Waals surface area contributed by atoms with Crippen LogP contribution in [0.4, 0.5) is 0 Å². The summed E-state index contributed by atoms with van der Waals surface area (Å²) in [6, 6.07) is 16.1. The summed E-state index contributed by atoms with van der Waals surface area (Å²) in [5.74, 6) is -0.926. The van der Waals surface area contributed by atoms with Crippen molar-refractivity contribution < 1.29 is 19.1 Å². The first-order chi connectivity index (χ1) is 14.4. The zero-order valence-electron chi connectivity index (χ0n) is 16.6. The van der Waals surface area contributed by atoms with Crippen LogP contribution in [0.2, 0.25) is 0 Å². The third kappa shape index (κ3) is 3.67. The SMILES string of the molecule is Cc1ccc(C)c(C(O)=C2C(=O)C(=O)N(Cc3ccco3)C2c2ccc(I)cc2)c1. The summed E-state index contributed by atoms with van der Waals surface area (Å²) < 4.78 is 6.45. The Morgan fingerprint density at radius 1 is 1.10 bits per heavy atom. The molecule has 6 heteroatoms. The van der Waals surface area contributed by atoms with Crippen LogP contribution >= 0.6 is 22.6 Å². The lowest BCUT2D eigenvalue weighted by molar-refractivity contribution is -0.140. The minimum absolute atomic E-state index is 0.0986. The van der Waals surface area contributed by atoms with Crippen molar-refractivity contribution in [2.75, 3.05) is 0 Å². The van der Waals surface area contributed by atoms with Gasteiger partial charge in [-0.15, -0.1) is 0 Å². The number of aryl methyl sites for hydroxylation is 2. The van der Waals surface area contributed by atoms with Gasteiger partial charge in [0.05, 0.1) is 24.4 Å². The molecule has 1 fully saturated rings. The fourth-order valence-corrected chi connectivity index (χ4v) is 4.10. The molecule has 1 aliphatic heterocycles. The first kappa shape index (κ1) is 20.4. The molecule has 1 unspecified atom stereocenters. The number of hydrogen-bond donors (Lipinski definition) is 1. The van der Waals surface area contributed by atoms with Crippen molar-refractivity contribution in [2.24, 2.45) is 0 Å². The number of aliphatic hydroxyl groups excluding tert-OH is 1. The molecular weight excluding hydrogens is 493 g/mol. The molecule has 1 saturated heterocycles. The number of furan rings is 1. The maximum atomic E-state index is 13.1. The molecule has 0 bridgehead atoms. The smallest absolute Gasteiger partial charge is 0.296 e. The molecule has 2 aromatic carbocycles. The Labute approximate surface area is 188 Å². The molecule has 1 atom stereocenters. The maximum Gasteiger partial charge on any atom is 0.296 e. The summed E-state index contributed by atoms with van der Waals surface area (Å²) in [6.07, 6.45) is 1.53. The molecule has 0 radical (unpaired) electrons. The number of carbonyl (C=O) groups excluding carboxylic acids is 2. The molecule has 30 heavy (non-hydrogen) atoms. The van der Waals surface area contributed by atoms with E-state index in [2.05, 4.69) is 22.6 Å². The van der Waals surface area contributed by atoms with E-state index in [1.807, 2.05) is 56.3 Å². The van der Waals surface area contributed by atoms with Crippen LogP contribution in [0, 0.1) is 17.4 Å². The van der Waals surface area contributed by atoms with E-state index in [1.54, 1.807) is 12.1 Å². The second-order valence-corrected chi connectivity index (χ2v) is 8.62. The van der Waals surface area contributed by atoms with Crippen LogP contribution in [0.3, 0.4) is 0 Å². The molecule has 2 heterocycles. The van der Waals surface area contributed by atoms with Gasteiger partial charge in [0.15, 0.2) is 0 Å². The molecule has 1 aromatic heterocycles. The number of ketones is 1. The van der Waals surface area contributed by atoms with E-state index in [9.17, 15) is 14.7 Å². The number of hydrogen-bond acceptors (Lipinski definition) is 4. The summed E-state index contributed by atoms with van der Waals surface area (Å²) in [4.78, 5) is 27.5. The molecule has 5 nitrogen and oxygen atoms in total. The number of halogens is 1. The topological polar surface area (TPSA) is 70.8 Å². The molecule has 1 aliphatic rings. The molecule has 4 rings (SSSR count). The molecule has 0 saturated carbocycles. The quantitative estimate of drug-likeness (QED) is 0.228. The van der Waals surface area contributed by atoms with E-state index in [0.29, 0.717) is 11.3 Å². The Balaban J connectivity index is 1.90. The summed E-state index contributed by atoms with van der Waals surface area (Å²) in [7, 11) is 0. The maximum absolute atomic E-state index is 13.1. The molecule has 0 aliphatic carbocycles. The van der Waals surface area contributed by atoms with Gasteiger partial charge in [0.1, 0.15) is 11.5 Å². The third-order valence-corrected chi connectivity index (χ3v) is 6.00. The fourth-order valence-electron chi connectivity index (χ4n) is 3.74. The summed E-state index contributed by atoms with van der Waals surface area (Å²) >= 11 is 2.20. The van der Waals surface area contributed by atoms with E-state index in [-0.39, 0.29) is 17.9 Å². The van der Waals surface area contributed by atoms with E-state index >= 15 is 0 Å². The summed E-state index contributed by atoms with van der Waals surface area (Å²) in [5, 5.41) is 11.2. The number of rotatable bonds is 4. The van der Waals surface area contributed by atoms with Crippen LogP contribution in [0.15, 0.2) is 70.9 Å². The van der Waals surface area contributed by atoms with Gasteiger partial charge in [0.2, 0.25) is 0 Å². The molecule has 152 valence electrons. The highest BCUT2D eigenvalue weighted by atomic mass is 127. The minimum Gasteiger partial charge on any atom is -0.507 e. The lowest BCUT2D eigenvalue weighted by Crippen LogP contribution is -2.29. The van der Waals surface area contributed by atoms with Crippen molar-refractivity contribution in [3.05, 3.63) is 98.0 Å². The van der Waals surface area contributed by atoms with Crippen molar-refractivity contribution in [1.29, 1.82) is 0 Å². The molecule has 1 amide bonds. The van der Waals surface area contributed by atoms with E-state index in [0.717, 1.165) is 20.3 Å². The van der Waals surface area contributed by atoms with Crippen molar-refractivity contribution >= 4 is 40.0 Å². The third-order valence-electron chi connectivity index (χ3n) is 5.28. The first-order valence-corrected chi connectivity index (χ1v) is 10.6. The number of carbonyl (C=O) groups is 2. The standard InChI is InChI=1S/C24H20INO4/c1-14-5-6-15(2)19(12-14)22(27)20-21(16-7-9-17(25)10-8-16)26(24(29)23(20)28)13-18-4-3-11-30-18/h3-12,21,27H,13H2,1-2H3. The number of likely N-dealkylation sites (tertiary alicyclic amines) is 1. The van der Waals surface area contributed by atoms with Crippen LogP contribution in [0.5, 0.6) is 0 Å². The highest BCUT2D eigenvalue weighted by Gasteiger charge is 2.46. The van der Waals surface area contributed by atoms with Gasteiger partial charge in [-0.25, -0.2) is 0 Å². The van der Waals surface area contributed by atoms with Crippen LogP contribution < -0.4 is 0 Å². The fraction of sp³-hybridized carbons (Fsp3) is 0.167. The van der Waals surface area contributed by atoms with Gasteiger partial charge in [0.25, 0.3) is 11.7 Å². The lowest BCUT2D eigenvalue weighted by atomic mass is 9.93. The van der Waals surface area contributed by atoms with Crippen molar-refractivity contribution in [3.8, 4) is 0 Å². The average molecular weight is 513 g/mol. The Morgan fingerprint density at radius 3 is 2.50 bits per heavy atom. The van der Waals surface area contributed by atoms with E-state index < -0.39 is 17.7 Å². The van der Waals surface area contributed by atoms with Gasteiger partial charge in [0, 0.05) is 9.13 Å². The Bertz CT molecular complexity index is 1150. The van der Waals surface area contributed by atoms with Gasteiger partial charge in [-0.2, -0.15) is 0 Å². The van der Waals surface area contributed by atoms with Gasteiger partial charge in [-0.3, -0.25) is 9.59 Å². The summed E-state index contributed by atoms with van der Waals surface area (Å²) in [5.41, 5.74) is 3.20. The van der Waals surface area contributed by atoms with Crippen molar-refractivity contribution in [2.45, 2.75) is 26.4 Å². The zero-order chi connectivity index (χ0) is 21.4. The average Bonchev–Trinajstić information content (AvgIpc) is 3.32. The van der Waals surface area contributed by atoms with E-state index in [4.69, 9.17) is 4.42 Å². The van der Waals surface area contributed by atoms with Crippen molar-refractivity contribution in [3.63, 3.8) is 0 Å². The van der Waals surface area contributed by atoms with Crippen molar-refractivity contribution in [1.82, 2.24) is 4.90 Å². The van der Waals surface area contributed by atoms with Crippen LogP contribution in [-0.4, -0.2) is 21.7 Å². The number of benzene rings is 2. The van der Waals surface area contributed by atoms with Crippen LogP contribution in [0.1, 0.15) is 34.1 Å². The lowest BCUT2D eigenvalue weighted by Gasteiger charge is -2.24. The highest BCUT2D eigenvalue weighted by molar-refractivity contribution is 14.1. The zero-order valence-corrected chi connectivity index (χ0v) is 18.7. The Morgan fingerprint density at radius 2 is 1.83 bits per heavy atom. The number of Topliss-reactive ketones (excluding diaryl/α,β-unsaturated/α-hetero) is 1. The largest absolute Gasteiger partial charge is 0.507 e.